The van der Waals surface area contributed by atoms with E-state index < -0.39 is 0 Å². The van der Waals surface area contributed by atoms with E-state index in [-0.39, 0.29) is 5.97 Å². The summed E-state index contributed by atoms with van der Waals surface area (Å²) in [5, 5.41) is 0. The van der Waals surface area contributed by atoms with Crippen LogP contribution >= 0.6 is 0 Å². The van der Waals surface area contributed by atoms with Crippen molar-refractivity contribution in [1.82, 2.24) is 4.90 Å². The van der Waals surface area contributed by atoms with E-state index in [2.05, 4.69) is 39.2 Å². The summed E-state index contributed by atoms with van der Waals surface area (Å²) in [5.74, 6) is 1.11. The van der Waals surface area contributed by atoms with Gasteiger partial charge in [-0.25, -0.2) is 4.79 Å². The fraction of sp³-hybridized carbons (Fsp3) is 0.857. The number of hydrogen-bond acceptors (Lipinski definition) is 3. The van der Waals surface area contributed by atoms with Gasteiger partial charge in [0.2, 0.25) is 0 Å². The zero-order chi connectivity index (χ0) is 18.4. The van der Waals surface area contributed by atoms with Crippen LogP contribution in [0.1, 0.15) is 86.0 Å². The van der Waals surface area contributed by atoms with E-state index in [1.807, 2.05) is 0 Å². The quantitative estimate of drug-likeness (QED) is 0.214. The SMILES string of the molecule is C=C(C)C(=O)OCN(CC(CC)CCCC)CC(CC)CCCC. The predicted octanol–water partition coefficient (Wildman–Crippen LogP) is 5.80. The lowest BCUT2D eigenvalue weighted by Gasteiger charge is -2.30. The van der Waals surface area contributed by atoms with Gasteiger partial charge in [0.25, 0.3) is 0 Å². The molecule has 0 amide bonds. The summed E-state index contributed by atoms with van der Waals surface area (Å²) in [6.45, 7) is 16.9. The third-order valence-corrected chi connectivity index (χ3v) is 4.85. The van der Waals surface area contributed by atoms with Crippen LogP contribution in [0, 0.1) is 11.8 Å². The van der Waals surface area contributed by atoms with Gasteiger partial charge in [0, 0.05) is 18.7 Å². The highest BCUT2D eigenvalue weighted by Gasteiger charge is 2.18. The Morgan fingerprint density at radius 1 is 0.958 bits per heavy atom. The molecule has 142 valence electrons. The van der Waals surface area contributed by atoms with Gasteiger partial charge in [0.15, 0.2) is 0 Å². The van der Waals surface area contributed by atoms with E-state index in [0.29, 0.717) is 24.1 Å². The monoisotopic (exact) mass is 339 g/mol. The second-order valence-electron chi connectivity index (χ2n) is 7.21. The van der Waals surface area contributed by atoms with Crippen molar-refractivity contribution in [3.8, 4) is 0 Å². The zero-order valence-electron chi connectivity index (χ0n) is 16.9. The van der Waals surface area contributed by atoms with Gasteiger partial charge in [0.05, 0.1) is 0 Å². The van der Waals surface area contributed by atoms with Crippen molar-refractivity contribution >= 4 is 5.97 Å². The van der Waals surface area contributed by atoms with Gasteiger partial charge in [-0.05, 0) is 31.6 Å². The molecular formula is C21H41NO2. The topological polar surface area (TPSA) is 29.5 Å². The molecule has 3 heteroatoms. The molecule has 2 unspecified atom stereocenters. The van der Waals surface area contributed by atoms with Crippen LogP contribution < -0.4 is 0 Å². The lowest BCUT2D eigenvalue weighted by molar-refractivity contribution is -0.144. The molecule has 0 aromatic rings. The smallest absolute Gasteiger partial charge is 0.334 e. The lowest BCUT2D eigenvalue weighted by atomic mass is 9.96. The maximum Gasteiger partial charge on any atom is 0.334 e. The minimum absolute atomic E-state index is 0.275. The molecule has 0 N–H and O–H groups in total. The Morgan fingerprint density at radius 2 is 1.42 bits per heavy atom. The molecule has 0 aliphatic heterocycles. The number of ether oxygens (including phenoxy) is 1. The first-order valence-electron chi connectivity index (χ1n) is 10.0. The summed E-state index contributed by atoms with van der Waals surface area (Å²) in [5.41, 5.74) is 0.478. The third kappa shape index (κ3) is 10.9. The highest BCUT2D eigenvalue weighted by molar-refractivity contribution is 5.86. The Morgan fingerprint density at radius 3 is 1.75 bits per heavy atom. The molecular weight excluding hydrogens is 298 g/mol. The second kappa shape index (κ2) is 14.5. The summed E-state index contributed by atoms with van der Waals surface area (Å²) in [6.07, 6.45) is 9.97. The second-order valence-corrected chi connectivity index (χ2v) is 7.21. The van der Waals surface area contributed by atoms with Crippen LogP contribution in [-0.4, -0.2) is 30.7 Å². The molecule has 0 rings (SSSR count). The van der Waals surface area contributed by atoms with Crippen LogP contribution in [-0.2, 0) is 9.53 Å². The van der Waals surface area contributed by atoms with E-state index in [4.69, 9.17) is 4.74 Å². The molecule has 0 aliphatic rings. The Bertz CT molecular complexity index is 323. The third-order valence-electron chi connectivity index (χ3n) is 4.85. The first-order valence-corrected chi connectivity index (χ1v) is 10.0. The first-order chi connectivity index (χ1) is 11.5. The molecule has 0 saturated carbocycles. The van der Waals surface area contributed by atoms with E-state index in [9.17, 15) is 4.79 Å². The summed E-state index contributed by atoms with van der Waals surface area (Å²) < 4.78 is 5.45. The van der Waals surface area contributed by atoms with Gasteiger partial charge in [-0.3, -0.25) is 4.90 Å². The van der Waals surface area contributed by atoms with Gasteiger partial charge in [-0.1, -0.05) is 72.8 Å². The fourth-order valence-corrected chi connectivity index (χ4v) is 3.02. The van der Waals surface area contributed by atoms with Gasteiger partial charge in [-0.2, -0.15) is 0 Å². The zero-order valence-corrected chi connectivity index (χ0v) is 16.9. The Kier molecular flexibility index (Phi) is 14.0. The number of rotatable bonds is 15. The minimum Gasteiger partial charge on any atom is -0.446 e. The van der Waals surface area contributed by atoms with Gasteiger partial charge >= 0.3 is 5.97 Å². The Labute approximate surface area is 150 Å². The van der Waals surface area contributed by atoms with E-state index >= 15 is 0 Å². The molecule has 0 aromatic heterocycles. The molecule has 0 heterocycles. The van der Waals surface area contributed by atoms with Crippen molar-refractivity contribution in [2.45, 2.75) is 86.0 Å². The van der Waals surface area contributed by atoms with E-state index in [0.717, 1.165) is 13.1 Å². The molecule has 0 aliphatic carbocycles. The first kappa shape index (κ1) is 23.2. The van der Waals surface area contributed by atoms with Crippen molar-refractivity contribution in [2.75, 3.05) is 19.8 Å². The molecule has 0 aromatic carbocycles. The van der Waals surface area contributed by atoms with Crippen LogP contribution in [0.3, 0.4) is 0 Å². The Hall–Kier alpha value is -0.830. The maximum atomic E-state index is 11.8. The summed E-state index contributed by atoms with van der Waals surface area (Å²) in [4.78, 5) is 14.1. The number of nitrogens with zero attached hydrogens (tertiary/aromatic N) is 1. The molecule has 2 atom stereocenters. The van der Waals surface area contributed by atoms with Crippen LogP contribution in [0.5, 0.6) is 0 Å². The van der Waals surface area contributed by atoms with Crippen LogP contribution in [0.2, 0.25) is 0 Å². The molecule has 0 spiro atoms. The average molecular weight is 340 g/mol. The number of unbranched alkanes of at least 4 members (excludes halogenated alkanes) is 2. The molecule has 3 nitrogen and oxygen atoms in total. The predicted molar refractivity (Wildman–Crippen MR) is 104 cm³/mol. The molecule has 0 saturated heterocycles. The van der Waals surface area contributed by atoms with Crippen molar-refractivity contribution in [2.24, 2.45) is 11.8 Å². The molecule has 0 fully saturated rings. The molecule has 0 bridgehead atoms. The molecule has 0 radical (unpaired) electrons. The van der Waals surface area contributed by atoms with Crippen molar-refractivity contribution in [3.05, 3.63) is 12.2 Å². The molecule has 24 heavy (non-hydrogen) atoms. The summed E-state index contributed by atoms with van der Waals surface area (Å²) in [7, 11) is 0. The van der Waals surface area contributed by atoms with Crippen molar-refractivity contribution in [1.29, 1.82) is 0 Å². The minimum atomic E-state index is -0.275. The lowest BCUT2D eigenvalue weighted by Crippen LogP contribution is -2.36. The summed E-state index contributed by atoms with van der Waals surface area (Å²) >= 11 is 0. The normalized spacial score (nSPS) is 13.8. The van der Waals surface area contributed by atoms with E-state index in [1.165, 1.54) is 51.4 Å². The highest BCUT2D eigenvalue weighted by atomic mass is 16.5. The number of carbonyl (C=O) groups excluding carboxylic acids is 1. The Balaban J connectivity index is 4.71. The summed E-state index contributed by atoms with van der Waals surface area (Å²) in [6, 6.07) is 0. The van der Waals surface area contributed by atoms with Gasteiger partial charge in [-0.15, -0.1) is 0 Å². The van der Waals surface area contributed by atoms with E-state index in [1.54, 1.807) is 6.92 Å². The standard InChI is InChI=1S/C21H41NO2/c1-7-11-13-19(9-3)15-22(17-24-21(23)18(5)6)16-20(10-4)14-12-8-2/h19-20H,5,7-17H2,1-4,6H3. The van der Waals surface area contributed by atoms with Gasteiger partial charge in [0.1, 0.15) is 6.73 Å². The number of carbonyl (C=O) groups is 1. The maximum absolute atomic E-state index is 11.8. The van der Waals surface area contributed by atoms with Crippen LogP contribution in [0.25, 0.3) is 0 Å². The van der Waals surface area contributed by atoms with Crippen molar-refractivity contribution in [3.63, 3.8) is 0 Å². The fourth-order valence-electron chi connectivity index (χ4n) is 3.02. The van der Waals surface area contributed by atoms with Crippen LogP contribution in [0.4, 0.5) is 0 Å². The highest BCUT2D eigenvalue weighted by Crippen LogP contribution is 2.19. The average Bonchev–Trinajstić information content (AvgIpc) is 2.58. The van der Waals surface area contributed by atoms with Crippen LogP contribution in [0.15, 0.2) is 12.2 Å². The number of hydrogen-bond donors (Lipinski definition) is 0. The van der Waals surface area contributed by atoms with Gasteiger partial charge < -0.3 is 4.74 Å². The largest absolute Gasteiger partial charge is 0.446 e. The van der Waals surface area contributed by atoms with Crippen molar-refractivity contribution < 1.29 is 9.53 Å². The number of esters is 1.